The standard InChI is InChI=1S/C14H17N3OS/c15-14(18)10-4-3-7-17(8-10)9-13-16-11-5-1-2-6-12(11)19-13/h1-2,5-6,10H,3-4,7-9H2,(H2,15,18)/t10-/m0/s1. The summed E-state index contributed by atoms with van der Waals surface area (Å²) in [6.45, 7) is 2.62. The van der Waals surface area contributed by atoms with Crippen molar-refractivity contribution in [2.24, 2.45) is 11.7 Å². The fourth-order valence-electron chi connectivity index (χ4n) is 2.61. The van der Waals surface area contributed by atoms with Crippen LogP contribution < -0.4 is 5.73 Å². The van der Waals surface area contributed by atoms with Crippen molar-refractivity contribution in [2.75, 3.05) is 13.1 Å². The highest BCUT2D eigenvalue weighted by Gasteiger charge is 2.24. The van der Waals surface area contributed by atoms with E-state index in [2.05, 4.69) is 16.0 Å². The van der Waals surface area contributed by atoms with Gasteiger partial charge in [-0.25, -0.2) is 4.98 Å². The Morgan fingerprint density at radius 3 is 3.11 bits per heavy atom. The zero-order chi connectivity index (χ0) is 13.2. The van der Waals surface area contributed by atoms with Crippen LogP contribution in [0.25, 0.3) is 10.2 Å². The smallest absolute Gasteiger partial charge is 0.221 e. The topological polar surface area (TPSA) is 59.2 Å². The van der Waals surface area contributed by atoms with Crippen LogP contribution >= 0.6 is 11.3 Å². The molecule has 0 radical (unpaired) electrons. The van der Waals surface area contributed by atoms with E-state index in [0.29, 0.717) is 0 Å². The molecule has 19 heavy (non-hydrogen) atoms. The van der Waals surface area contributed by atoms with Gasteiger partial charge in [-0.2, -0.15) is 0 Å². The zero-order valence-corrected chi connectivity index (χ0v) is 11.5. The van der Waals surface area contributed by atoms with Crippen molar-refractivity contribution in [1.82, 2.24) is 9.88 Å². The summed E-state index contributed by atoms with van der Waals surface area (Å²) in [5, 5.41) is 1.12. The van der Waals surface area contributed by atoms with Gasteiger partial charge >= 0.3 is 0 Å². The monoisotopic (exact) mass is 275 g/mol. The first-order chi connectivity index (χ1) is 9.22. The third-order valence-electron chi connectivity index (χ3n) is 3.60. The molecule has 5 heteroatoms. The molecule has 1 aliphatic rings. The second-order valence-corrected chi connectivity index (χ2v) is 6.17. The van der Waals surface area contributed by atoms with Crippen molar-refractivity contribution in [3.63, 3.8) is 0 Å². The second kappa shape index (κ2) is 5.27. The van der Waals surface area contributed by atoms with E-state index in [1.165, 1.54) is 4.70 Å². The molecule has 0 spiro atoms. The molecule has 4 nitrogen and oxygen atoms in total. The molecule has 0 unspecified atom stereocenters. The average Bonchev–Trinajstić information content (AvgIpc) is 2.81. The number of likely N-dealkylation sites (tertiary alicyclic amines) is 1. The number of primary amides is 1. The van der Waals surface area contributed by atoms with Crippen LogP contribution in [0.5, 0.6) is 0 Å². The molecule has 2 heterocycles. The number of amides is 1. The van der Waals surface area contributed by atoms with E-state index in [9.17, 15) is 4.79 Å². The minimum Gasteiger partial charge on any atom is -0.369 e. The molecule has 100 valence electrons. The van der Waals surface area contributed by atoms with Crippen LogP contribution in [0.4, 0.5) is 0 Å². The lowest BCUT2D eigenvalue weighted by Gasteiger charge is -2.30. The quantitative estimate of drug-likeness (QED) is 0.932. The largest absolute Gasteiger partial charge is 0.369 e. The lowest BCUT2D eigenvalue weighted by molar-refractivity contribution is -0.123. The Balaban J connectivity index is 1.72. The van der Waals surface area contributed by atoms with Crippen LogP contribution in [0.2, 0.25) is 0 Å². The van der Waals surface area contributed by atoms with Crippen molar-refractivity contribution >= 4 is 27.5 Å². The molecular formula is C14H17N3OS. The predicted octanol–water partition coefficient (Wildman–Crippen LogP) is 1.99. The normalized spacial score (nSPS) is 20.7. The first-order valence-electron chi connectivity index (χ1n) is 6.58. The van der Waals surface area contributed by atoms with Crippen LogP contribution in [0.3, 0.4) is 0 Å². The number of piperidine rings is 1. The SMILES string of the molecule is NC(=O)[C@H]1CCCN(Cc2nc3ccccc3s2)C1. The van der Waals surface area contributed by atoms with Gasteiger partial charge in [0.15, 0.2) is 0 Å². The summed E-state index contributed by atoms with van der Waals surface area (Å²) in [5.41, 5.74) is 6.47. The van der Waals surface area contributed by atoms with E-state index in [1.807, 2.05) is 18.2 Å². The van der Waals surface area contributed by atoms with Crippen LogP contribution in [0.15, 0.2) is 24.3 Å². The maximum atomic E-state index is 11.3. The number of benzene rings is 1. The minimum atomic E-state index is -0.172. The van der Waals surface area contributed by atoms with Gasteiger partial charge in [-0.15, -0.1) is 11.3 Å². The summed E-state index contributed by atoms with van der Waals surface area (Å²) >= 11 is 1.73. The van der Waals surface area contributed by atoms with Crippen LogP contribution in [0, 0.1) is 5.92 Å². The summed E-state index contributed by atoms with van der Waals surface area (Å²) in [5.74, 6) is -0.169. The van der Waals surface area contributed by atoms with Crippen molar-refractivity contribution < 1.29 is 4.79 Å². The molecule has 1 aromatic carbocycles. The summed E-state index contributed by atoms with van der Waals surface area (Å²) < 4.78 is 1.22. The number of aromatic nitrogens is 1. The van der Waals surface area contributed by atoms with Crippen molar-refractivity contribution in [3.05, 3.63) is 29.3 Å². The molecule has 1 aliphatic heterocycles. The van der Waals surface area contributed by atoms with E-state index in [-0.39, 0.29) is 11.8 Å². The fourth-order valence-corrected chi connectivity index (χ4v) is 3.62. The highest BCUT2D eigenvalue weighted by atomic mass is 32.1. The summed E-state index contributed by atoms with van der Waals surface area (Å²) in [7, 11) is 0. The number of hydrogen-bond donors (Lipinski definition) is 1. The number of nitrogens with zero attached hydrogens (tertiary/aromatic N) is 2. The van der Waals surface area contributed by atoms with E-state index in [0.717, 1.165) is 43.0 Å². The average molecular weight is 275 g/mol. The molecule has 2 N–H and O–H groups in total. The third kappa shape index (κ3) is 2.77. The van der Waals surface area contributed by atoms with Gasteiger partial charge in [0.2, 0.25) is 5.91 Å². The predicted molar refractivity (Wildman–Crippen MR) is 76.8 cm³/mol. The van der Waals surface area contributed by atoms with Gasteiger partial charge in [0, 0.05) is 6.54 Å². The Bertz CT molecular complexity index is 562. The second-order valence-electron chi connectivity index (χ2n) is 5.05. The molecule has 2 aromatic rings. The molecule has 1 saturated heterocycles. The Kier molecular flexibility index (Phi) is 3.48. The molecule has 1 amide bonds. The summed E-state index contributed by atoms with van der Waals surface area (Å²) in [6, 6.07) is 8.18. The molecule has 3 rings (SSSR count). The molecule has 0 saturated carbocycles. The lowest BCUT2D eigenvalue weighted by Crippen LogP contribution is -2.40. The maximum Gasteiger partial charge on any atom is 0.221 e. The highest BCUT2D eigenvalue weighted by Crippen LogP contribution is 2.24. The van der Waals surface area contributed by atoms with Gasteiger partial charge in [-0.1, -0.05) is 12.1 Å². The number of carbonyl (C=O) groups is 1. The lowest BCUT2D eigenvalue weighted by atomic mass is 9.98. The molecule has 0 aliphatic carbocycles. The van der Waals surface area contributed by atoms with E-state index in [4.69, 9.17) is 5.73 Å². The third-order valence-corrected chi connectivity index (χ3v) is 4.63. The van der Waals surface area contributed by atoms with Crippen molar-refractivity contribution in [3.8, 4) is 0 Å². The number of hydrogen-bond acceptors (Lipinski definition) is 4. The molecule has 0 bridgehead atoms. The van der Waals surface area contributed by atoms with Crippen molar-refractivity contribution in [1.29, 1.82) is 0 Å². The minimum absolute atomic E-state index is 0.00290. The Morgan fingerprint density at radius 2 is 2.32 bits per heavy atom. The van der Waals surface area contributed by atoms with Crippen LogP contribution in [-0.2, 0) is 11.3 Å². The summed E-state index contributed by atoms with van der Waals surface area (Å²) in [6.07, 6.45) is 1.96. The van der Waals surface area contributed by atoms with Gasteiger partial charge in [-0.05, 0) is 31.5 Å². The van der Waals surface area contributed by atoms with Crippen molar-refractivity contribution in [2.45, 2.75) is 19.4 Å². The maximum absolute atomic E-state index is 11.3. The van der Waals surface area contributed by atoms with E-state index >= 15 is 0 Å². The Hall–Kier alpha value is -1.46. The molecular weight excluding hydrogens is 258 g/mol. The number of rotatable bonds is 3. The molecule has 1 fully saturated rings. The van der Waals surface area contributed by atoms with E-state index in [1.54, 1.807) is 11.3 Å². The number of nitrogens with two attached hydrogens (primary N) is 1. The van der Waals surface area contributed by atoms with Crippen LogP contribution in [0.1, 0.15) is 17.8 Å². The Labute approximate surface area is 116 Å². The van der Waals surface area contributed by atoms with E-state index < -0.39 is 0 Å². The number of fused-ring (bicyclic) bond motifs is 1. The molecule has 1 aromatic heterocycles. The zero-order valence-electron chi connectivity index (χ0n) is 10.7. The van der Waals surface area contributed by atoms with Gasteiger partial charge in [0.05, 0.1) is 22.7 Å². The Morgan fingerprint density at radius 1 is 1.47 bits per heavy atom. The van der Waals surface area contributed by atoms with Gasteiger partial charge in [0.25, 0.3) is 0 Å². The number of thiazole rings is 1. The summed E-state index contributed by atoms with van der Waals surface area (Å²) in [4.78, 5) is 18.2. The van der Waals surface area contributed by atoms with Gasteiger partial charge in [-0.3, -0.25) is 9.69 Å². The fraction of sp³-hybridized carbons (Fsp3) is 0.429. The number of carbonyl (C=O) groups excluding carboxylic acids is 1. The van der Waals surface area contributed by atoms with Gasteiger partial charge in [0.1, 0.15) is 5.01 Å². The highest BCUT2D eigenvalue weighted by molar-refractivity contribution is 7.18. The molecule has 1 atom stereocenters. The number of para-hydroxylation sites is 1. The van der Waals surface area contributed by atoms with Crippen LogP contribution in [-0.4, -0.2) is 28.9 Å². The van der Waals surface area contributed by atoms with Gasteiger partial charge < -0.3 is 5.73 Å². The first-order valence-corrected chi connectivity index (χ1v) is 7.40. The first kappa shape index (κ1) is 12.6.